The Hall–Kier alpha value is -0.960. The molecule has 0 amide bonds. The first-order chi connectivity index (χ1) is 7.18. The number of hydrogen-bond acceptors (Lipinski definition) is 3. The van der Waals surface area contributed by atoms with E-state index in [2.05, 4.69) is 10.2 Å². The minimum atomic E-state index is -0.526. The molecule has 0 radical (unpaired) electrons. The average Bonchev–Trinajstić information content (AvgIpc) is 2.22. The van der Waals surface area contributed by atoms with Gasteiger partial charge in [-0.25, -0.2) is 0 Å². The highest BCUT2D eigenvalue weighted by molar-refractivity contribution is 5.08. The summed E-state index contributed by atoms with van der Waals surface area (Å²) in [5, 5.41) is 18.4. The highest BCUT2D eigenvalue weighted by Crippen LogP contribution is 2.30. The largest absolute Gasteiger partial charge is 0.389 e. The second-order valence-electron chi connectivity index (χ2n) is 4.63. The van der Waals surface area contributed by atoms with Crippen molar-refractivity contribution in [1.29, 1.82) is 0 Å². The van der Waals surface area contributed by atoms with Gasteiger partial charge in [-0.1, -0.05) is 19.3 Å². The summed E-state index contributed by atoms with van der Waals surface area (Å²) in [6.07, 6.45) is 5.98. The van der Waals surface area contributed by atoms with E-state index < -0.39 is 5.60 Å². The van der Waals surface area contributed by atoms with Crippen molar-refractivity contribution in [1.82, 2.24) is 10.2 Å². The summed E-state index contributed by atoms with van der Waals surface area (Å²) < 4.78 is 0. The van der Waals surface area contributed by atoms with Crippen LogP contribution in [0.15, 0.2) is 12.1 Å². The van der Waals surface area contributed by atoms with Crippen molar-refractivity contribution in [2.45, 2.75) is 51.0 Å². The molecular weight excluding hydrogens is 188 g/mol. The number of aryl methyl sites for hydroxylation is 1. The Balaban J connectivity index is 2.03. The van der Waals surface area contributed by atoms with Crippen LogP contribution in [0.5, 0.6) is 0 Å². The number of rotatable bonds is 2. The summed E-state index contributed by atoms with van der Waals surface area (Å²) in [5.41, 5.74) is 1.31. The number of aromatic nitrogens is 2. The third-order valence-corrected chi connectivity index (χ3v) is 3.15. The van der Waals surface area contributed by atoms with Crippen molar-refractivity contribution in [3.63, 3.8) is 0 Å². The molecule has 1 saturated carbocycles. The van der Waals surface area contributed by atoms with Crippen molar-refractivity contribution in [3.8, 4) is 0 Å². The molecule has 1 N–H and O–H groups in total. The highest BCUT2D eigenvalue weighted by Gasteiger charge is 2.29. The molecule has 1 heterocycles. The van der Waals surface area contributed by atoms with Crippen LogP contribution in [0.25, 0.3) is 0 Å². The highest BCUT2D eigenvalue weighted by atomic mass is 16.3. The van der Waals surface area contributed by atoms with Gasteiger partial charge < -0.3 is 5.11 Å². The smallest absolute Gasteiger partial charge is 0.0703 e. The topological polar surface area (TPSA) is 46.0 Å². The Bertz CT molecular complexity index is 315. The lowest BCUT2D eigenvalue weighted by atomic mass is 9.82. The Labute approximate surface area is 90.5 Å². The predicted molar refractivity (Wildman–Crippen MR) is 58.5 cm³/mol. The molecule has 3 nitrogen and oxygen atoms in total. The molecule has 0 unspecified atom stereocenters. The molecule has 1 aliphatic carbocycles. The lowest BCUT2D eigenvalue weighted by Crippen LogP contribution is -2.34. The molecule has 1 aromatic heterocycles. The van der Waals surface area contributed by atoms with Gasteiger partial charge in [0.15, 0.2) is 0 Å². The molecule has 0 atom stereocenters. The fourth-order valence-corrected chi connectivity index (χ4v) is 2.24. The van der Waals surface area contributed by atoms with Gasteiger partial charge in [0.05, 0.1) is 17.0 Å². The van der Waals surface area contributed by atoms with Crippen molar-refractivity contribution < 1.29 is 5.11 Å². The first-order valence-electron chi connectivity index (χ1n) is 5.70. The van der Waals surface area contributed by atoms with Crippen molar-refractivity contribution in [3.05, 3.63) is 23.5 Å². The molecule has 15 heavy (non-hydrogen) atoms. The van der Waals surface area contributed by atoms with Gasteiger partial charge in [-0.15, -0.1) is 0 Å². The number of aliphatic hydroxyl groups is 1. The summed E-state index contributed by atoms with van der Waals surface area (Å²) in [4.78, 5) is 0. The minimum absolute atomic E-state index is 0.526. The van der Waals surface area contributed by atoms with Gasteiger partial charge in [0.25, 0.3) is 0 Å². The summed E-state index contributed by atoms with van der Waals surface area (Å²) in [6, 6.07) is 3.92. The zero-order valence-corrected chi connectivity index (χ0v) is 9.24. The zero-order valence-electron chi connectivity index (χ0n) is 9.24. The van der Waals surface area contributed by atoms with E-state index in [1.807, 2.05) is 19.1 Å². The maximum absolute atomic E-state index is 10.3. The van der Waals surface area contributed by atoms with Crippen LogP contribution in [0.3, 0.4) is 0 Å². The summed E-state index contributed by atoms with van der Waals surface area (Å²) in [6.45, 7) is 1.92. The van der Waals surface area contributed by atoms with Crippen LogP contribution in [0, 0.1) is 6.92 Å². The van der Waals surface area contributed by atoms with Crippen LogP contribution in [-0.4, -0.2) is 20.9 Å². The zero-order chi connectivity index (χ0) is 10.7. The number of nitrogens with zero attached hydrogens (tertiary/aromatic N) is 2. The molecular formula is C12H18N2O. The van der Waals surface area contributed by atoms with Gasteiger partial charge >= 0.3 is 0 Å². The number of hydrogen-bond donors (Lipinski definition) is 1. The molecule has 82 valence electrons. The van der Waals surface area contributed by atoms with E-state index in [0.717, 1.165) is 37.1 Å². The van der Waals surface area contributed by atoms with Crippen LogP contribution in [0.1, 0.15) is 43.5 Å². The maximum Gasteiger partial charge on any atom is 0.0703 e. The van der Waals surface area contributed by atoms with Crippen LogP contribution in [0.2, 0.25) is 0 Å². The lowest BCUT2D eigenvalue weighted by molar-refractivity contribution is 0.00349. The standard InChI is InChI=1S/C12H18N2O/c1-10-5-6-11(14-13-10)9-12(15)7-3-2-4-8-12/h5-6,15H,2-4,7-9H2,1H3. The van der Waals surface area contributed by atoms with E-state index in [0.29, 0.717) is 6.42 Å². The summed E-state index contributed by atoms with van der Waals surface area (Å²) in [7, 11) is 0. The quantitative estimate of drug-likeness (QED) is 0.805. The lowest BCUT2D eigenvalue weighted by Gasteiger charge is -2.31. The molecule has 0 aliphatic heterocycles. The van der Waals surface area contributed by atoms with E-state index in [9.17, 15) is 5.11 Å². The monoisotopic (exact) mass is 206 g/mol. The average molecular weight is 206 g/mol. The van der Waals surface area contributed by atoms with E-state index in [1.54, 1.807) is 0 Å². The van der Waals surface area contributed by atoms with Crippen LogP contribution in [-0.2, 0) is 6.42 Å². The first-order valence-corrected chi connectivity index (χ1v) is 5.70. The predicted octanol–water partition coefficient (Wildman–Crippen LogP) is 2.02. The molecule has 1 aliphatic rings. The van der Waals surface area contributed by atoms with E-state index in [-0.39, 0.29) is 0 Å². The van der Waals surface area contributed by atoms with Gasteiger partial charge in [-0.2, -0.15) is 10.2 Å². The maximum atomic E-state index is 10.3. The summed E-state index contributed by atoms with van der Waals surface area (Å²) >= 11 is 0. The molecule has 1 fully saturated rings. The molecule has 1 aromatic rings. The first kappa shape index (κ1) is 10.6. The Morgan fingerprint density at radius 3 is 2.53 bits per heavy atom. The fraction of sp³-hybridized carbons (Fsp3) is 0.667. The molecule has 3 heteroatoms. The molecule has 0 aromatic carbocycles. The Kier molecular flexibility index (Phi) is 3.00. The second kappa shape index (κ2) is 4.27. The van der Waals surface area contributed by atoms with E-state index in [1.165, 1.54) is 6.42 Å². The summed E-state index contributed by atoms with van der Waals surface area (Å²) in [5.74, 6) is 0. The molecule has 0 saturated heterocycles. The third-order valence-electron chi connectivity index (χ3n) is 3.15. The van der Waals surface area contributed by atoms with Gasteiger partial charge in [0.2, 0.25) is 0 Å². The van der Waals surface area contributed by atoms with Crippen LogP contribution in [0.4, 0.5) is 0 Å². The second-order valence-corrected chi connectivity index (χ2v) is 4.63. The molecule has 2 rings (SSSR count). The van der Waals surface area contributed by atoms with Crippen LogP contribution >= 0.6 is 0 Å². The fourth-order valence-electron chi connectivity index (χ4n) is 2.24. The Morgan fingerprint density at radius 2 is 1.93 bits per heavy atom. The van der Waals surface area contributed by atoms with Gasteiger partial charge in [-0.3, -0.25) is 0 Å². The Morgan fingerprint density at radius 1 is 1.20 bits per heavy atom. The molecule has 0 spiro atoms. The molecule has 0 bridgehead atoms. The van der Waals surface area contributed by atoms with E-state index >= 15 is 0 Å². The van der Waals surface area contributed by atoms with Crippen molar-refractivity contribution >= 4 is 0 Å². The van der Waals surface area contributed by atoms with Gasteiger partial charge in [0, 0.05) is 6.42 Å². The minimum Gasteiger partial charge on any atom is -0.389 e. The van der Waals surface area contributed by atoms with E-state index in [4.69, 9.17) is 0 Å². The SMILES string of the molecule is Cc1ccc(CC2(O)CCCCC2)nn1. The third kappa shape index (κ3) is 2.75. The normalized spacial score (nSPS) is 20.1. The van der Waals surface area contributed by atoms with Gasteiger partial charge in [0.1, 0.15) is 0 Å². The van der Waals surface area contributed by atoms with Gasteiger partial charge in [-0.05, 0) is 31.9 Å². The van der Waals surface area contributed by atoms with Crippen molar-refractivity contribution in [2.24, 2.45) is 0 Å². The van der Waals surface area contributed by atoms with Crippen LogP contribution < -0.4 is 0 Å². The van der Waals surface area contributed by atoms with Crippen molar-refractivity contribution in [2.75, 3.05) is 0 Å².